The molecule has 242 valence electrons. The SMILES string of the molecule is N#Cc1ccccc1-c1cc(-c2ccccc2)cc(-c2c(-c3ccc4c(c3)sc3ccccc34)cccc2-c2cccc3c2sc2ccccc23)c1. The van der Waals surface area contributed by atoms with E-state index in [0.717, 1.165) is 27.8 Å². The number of rotatable bonds is 5. The lowest BCUT2D eigenvalue weighted by molar-refractivity contribution is 1.47. The van der Waals surface area contributed by atoms with Gasteiger partial charge in [0.2, 0.25) is 0 Å². The van der Waals surface area contributed by atoms with Crippen molar-refractivity contribution < 1.29 is 0 Å². The fourth-order valence-corrected chi connectivity index (χ4v) is 10.1. The molecule has 2 heterocycles. The Kier molecular flexibility index (Phi) is 7.32. The van der Waals surface area contributed by atoms with Crippen molar-refractivity contribution in [2.24, 2.45) is 0 Å². The van der Waals surface area contributed by atoms with Crippen LogP contribution in [0.1, 0.15) is 5.56 Å². The Morgan fingerprint density at radius 1 is 0.346 bits per heavy atom. The Morgan fingerprint density at radius 3 is 1.79 bits per heavy atom. The molecule has 0 spiro atoms. The first-order chi connectivity index (χ1) is 25.7. The molecule has 3 heteroatoms. The third kappa shape index (κ3) is 5.04. The van der Waals surface area contributed by atoms with E-state index in [1.165, 1.54) is 68.2 Å². The molecule has 0 radical (unpaired) electrons. The molecule has 0 bridgehead atoms. The van der Waals surface area contributed by atoms with E-state index in [9.17, 15) is 5.26 Å². The average Bonchev–Trinajstić information content (AvgIpc) is 3.79. The van der Waals surface area contributed by atoms with Gasteiger partial charge in [-0.05, 0) is 92.5 Å². The molecule has 0 fully saturated rings. The van der Waals surface area contributed by atoms with Crippen LogP contribution in [-0.4, -0.2) is 0 Å². The maximum absolute atomic E-state index is 10.2. The summed E-state index contributed by atoms with van der Waals surface area (Å²) >= 11 is 3.72. The largest absolute Gasteiger partial charge is 0.192 e. The summed E-state index contributed by atoms with van der Waals surface area (Å²) in [6.45, 7) is 0. The first-order valence-corrected chi connectivity index (χ1v) is 19.0. The van der Waals surface area contributed by atoms with E-state index in [4.69, 9.17) is 0 Å². The zero-order valence-electron chi connectivity index (χ0n) is 28.0. The van der Waals surface area contributed by atoms with Gasteiger partial charge >= 0.3 is 0 Å². The number of fused-ring (bicyclic) bond motifs is 6. The van der Waals surface area contributed by atoms with Crippen molar-refractivity contribution in [3.63, 3.8) is 0 Å². The van der Waals surface area contributed by atoms with Gasteiger partial charge in [0, 0.05) is 45.9 Å². The number of thiophene rings is 2. The zero-order valence-corrected chi connectivity index (χ0v) is 29.6. The predicted octanol–water partition coefficient (Wildman–Crippen LogP) is 14.6. The minimum absolute atomic E-state index is 0.664. The third-order valence-corrected chi connectivity index (χ3v) is 12.5. The highest BCUT2D eigenvalue weighted by atomic mass is 32.1. The summed E-state index contributed by atoms with van der Waals surface area (Å²) in [7, 11) is 0. The van der Waals surface area contributed by atoms with Crippen LogP contribution in [0.15, 0.2) is 176 Å². The van der Waals surface area contributed by atoms with Crippen LogP contribution in [-0.2, 0) is 0 Å². The molecule has 10 aromatic rings. The van der Waals surface area contributed by atoms with Crippen LogP contribution in [0.5, 0.6) is 0 Å². The Labute approximate surface area is 309 Å². The van der Waals surface area contributed by atoms with Gasteiger partial charge in [-0.25, -0.2) is 0 Å². The second-order valence-electron chi connectivity index (χ2n) is 13.1. The Morgan fingerprint density at radius 2 is 0.942 bits per heavy atom. The molecule has 2 aromatic heterocycles. The summed E-state index contributed by atoms with van der Waals surface area (Å²) in [5, 5.41) is 15.4. The van der Waals surface area contributed by atoms with E-state index >= 15 is 0 Å². The van der Waals surface area contributed by atoms with Crippen LogP contribution in [0.3, 0.4) is 0 Å². The predicted molar refractivity (Wildman–Crippen MR) is 224 cm³/mol. The molecule has 52 heavy (non-hydrogen) atoms. The van der Waals surface area contributed by atoms with Gasteiger partial charge in [0.25, 0.3) is 0 Å². The molecule has 0 saturated heterocycles. The maximum atomic E-state index is 10.2. The molecule has 0 aliphatic heterocycles. The highest BCUT2D eigenvalue weighted by molar-refractivity contribution is 7.26. The van der Waals surface area contributed by atoms with Crippen LogP contribution in [0.2, 0.25) is 0 Å². The molecule has 8 aromatic carbocycles. The molecule has 10 rings (SSSR count). The standard InChI is InChI=1S/C49H29NS2/c50-30-33-14-4-5-15-37(33)35-26-34(31-12-2-1-3-13-31)27-36(28-35)48-38(32-24-25-41-39-16-6-8-22-45(39)51-47(41)29-32)18-10-19-42(48)44-21-11-20-43-40-17-7-9-23-46(40)52-49(43)44/h1-29H. The second kappa shape index (κ2) is 12.5. The Balaban J connectivity index is 1.30. The normalized spacial score (nSPS) is 11.4. The van der Waals surface area contributed by atoms with Gasteiger partial charge in [0.15, 0.2) is 0 Å². The maximum Gasteiger partial charge on any atom is 0.0998 e. The first kappa shape index (κ1) is 30.5. The molecular formula is C49H29NS2. The van der Waals surface area contributed by atoms with Crippen LogP contribution >= 0.6 is 22.7 Å². The summed E-state index contributed by atoms with van der Waals surface area (Å²) in [6, 6.07) is 65.7. The summed E-state index contributed by atoms with van der Waals surface area (Å²) in [4.78, 5) is 0. The summed E-state index contributed by atoms with van der Waals surface area (Å²) < 4.78 is 5.16. The molecule has 1 nitrogen and oxygen atoms in total. The summed E-state index contributed by atoms with van der Waals surface area (Å²) in [5.41, 5.74) is 11.9. The smallest absolute Gasteiger partial charge is 0.0998 e. The van der Waals surface area contributed by atoms with E-state index in [1.807, 2.05) is 40.9 Å². The van der Waals surface area contributed by atoms with Crippen molar-refractivity contribution >= 4 is 63.0 Å². The highest BCUT2D eigenvalue weighted by Gasteiger charge is 2.20. The summed E-state index contributed by atoms with van der Waals surface area (Å²) in [6.07, 6.45) is 0. The van der Waals surface area contributed by atoms with E-state index < -0.39 is 0 Å². The fourth-order valence-electron chi connectivity index (χ4n) is 7.74. The van der Waals surface area contributed by atoms with E-state index in [2.05, 4.69) is 164 Å². The third-order valence-electron chi connectivity index (χ3n) is 10.1. The van der Waals surface area contributed by atoms with Crippen molar-refractivity contribution in [2.75, 3.05) is 0 Å². The monoisotopic (exact) mass is 695 g/mol. The quantitative estimate of drug-likeness (QED) is 0.176. The van der Waals surface area contributed by atoms with Gasteiger partial charge in [-0.2, -0.15) is 5.26 Å². The Bertz CT molecular complexity index is 3030. The van der Waals surface area contributed by atoms with Gasteiger partial charge in [0.1, 0.15) is 0 Å². The number of benzene rings is 8. The van der Waals surface area contributed by atoms with Crippen LogP contribution in [0, 0.1) is 11.3 Å². The summed E-state index contributed by atoms with van der Waals surface area (Å²) in [5.74, 6) is 0. The van der Waals surface area contributed by atoms with Crippen LogP contribution < -0.4 is 0 Å². The molecule has 0 amide bonds. The lowest BCUT2D eigenvalue weighted by Crippen LogP contribution is -1.93. The van der Waals surface area contributed by atoms with Gasteiger partial charge in [-0.3, -0.25) is 0 Å². The first-order valence-electron chi connectivity index (χ1n) is 17.4. The fraction of sp³-hybridized carbons (Fsp3) is 0. The lowest BCUT2D eigenvalue weighted by Gasteiger charge is -2.19. The van der Waals surface area contributed by atoms with E-state index in [1.54, 1.807) is 0 Å². The van der Waals surface area contributed by atoms with Gasteiger partial charge in [-0.15, -0.1) is 22.7 Å². The minimum Gasteiger partial charge on any atom is -0.192 e. The number of nitrogens with zero attached hydrogens (tertiary/aromatic N) is 1. The number of nitriles is 1. The highest BCUT2D eigenvalue weighted by Crippen LogP contribution is 2.48. The van der Waals surface area contributed by atoms with Gasteiger partial charge in [0.05, 0.1) is 11.6 Å². The molecule has 0 atom stereocenters. The minimum atomic E-state index is 0.664. The van der Waals surface area contributed by atoms with Crippen LogP contribution in [0.4, 0.5) is 0 Å². The molecule has 0 aliphatic carbocycles. The van der Waals surface area contributed by atoms with Crippen LogP contribution in [0.25, 0.3) is 96.0 Å². The average molecular weight is 696 g/mol. The van der Waals surface area contributed by atoms with Gasteiger partial charge in [-0.1, -0.05) is 133 Å². The van der Waals surface area contributed by atoms with E-state index in [0.29, 0.717) is 5.56 Å². The zero-order chi connectivity index (χ0) is 34.6. The van der Waals surface area contributed by atoms with Gasteiger partial charge < -0.3 is 0 Å². The molecule has 0 aliphatic rings. The molecule has 0 unspecified atom stereocenters. The van der Waals surface area contributed by atoms with Crippen molar-refractivity contribution in [3.8, 4) is 61.7 Å². The Hall–Kier alpha value is -6.31. The topological polar surface area (TPSA) is 23.8 Å². The van der Waals surface area contributed by atoms with Crippen molar-refractivity contribution in [2.45, 2.75) is 0 Å². The van der Waals surface area contributed by atoms with Crippen molar-refractivity contribution in [3.05, 3.63) is 181 Å². The lowest BCUT2D eigenvalue weighted by atomic mass is 9.84. The van der Waals surface area contributed by atoms with E-state index in [-0.39, 0.29) is 0 Å². The molecular weight excluding hydrogens is 667 g/mol. The molecule has 0 saturated carbocycles. The molecule has 0 N–H and O–H groups in total. The van der Waals surface area contributed by atoms with Crippen molar-refractivity contribution in [1.82, 2.24) is 0 Å². The second-order valence-corrected chi connectivity index (χ2v) is 15.3. The number of hydrogen-bond acceptors (Lipinski definition) is 3. The number of hydrogen-bond donors (Lipinski definition) is 0. The van der Waals surface area contributed by atoms with Crippen molar-refractivity contribution in [1.29, 1.82) is 5.26 Å².